The number of carbonyl (C=O) groups excluding carboxylic acids is 1. The number of esters is 1. The summed E-state index contributed by atoms with van der Waals surface area (Å²) in [5.74, 6) is -0.324. The van der Waals surface area contributed by atoms with Crippen molar-refractivity contribution in [3.05, 3.63) is 65.7 Å². The van der Waals surface area contributed by atoms with Gasteiger partial charge in [0.2, 0.25) is 10.0 Å². The Labute approximate surface area is 153 Å². The SMILES string of the molecule is O=C(OC[C@@H]1CCOC1)c1cccc(S(=O)(=O)NCc2ccccc2)c1. The number of carbonyl (C=O) groups is 1. The van der Waals surface area contributed by atoms with Gasteiger partial charge in [0.1, 0.15) is 0 Å². The van der Waals surface area contributed by atoms with Gasteiger partial charge in [0.25, 0.3) is 0 Å². The van der Waals surface area contributed by atoms with E-state index in [0.717, 1.165) is 12.0 Å². The summed E-state index contributed by atoms with van der Waals surface area (Å²) in [5, 5.41) is 0. The molecule has 7 heteroatoms. The van der Waals surface area contributed by atoms with E-state index >= 15 is 0 Å². The van der Waals surface area contributed by atoms with E-state index in [4.69, 9.17) is 9.47 Å². The summed E-state index contributed by atoms with van der Waals surface area (Å²) in [6.45, 7) is 1.73. The molecule has 26 heavy (non-hydrogen) atoms. The summed E-state index contributed by atoms with van der Waals surface area (Å²) >= 11 is 0. The standard InChI is InChI=1S/C19H21NO5S/c21-19(25-14-16-9-10-24-13-16)17-7-4-8-18(11-17)26(22,23)20-12-15-5-2-1-3-6-15/h1-8,11,16,20H,9-10,12-14H2/t16-/m1/s1. The van der Waals surface area contributed by atoms with Crippen LogP contribution < -0.4 is 4.72 Å². The lowest BCUT2D eigenvalue weighted by Crippen LogP contribution is -2.23. The molecule has 3 rings (SSSR count). The highest BCUT2D eigenvalue weighted by Crippen LogP contribution is 2.16. The molecule has 0 unspecified atom stereocenters. The van der Waals surface area contributed by atoms with Gasteiger partial charge in [-0.3, -0.25) is 0 Å². The maximum absolute atomic E-state index is 12.5. The monoisotopic (exact) mass is 375 g/mol. The molecule has 0 bridgehead atoms. The Bertz CT molecular complexity index is 845. The molecule has 0 amide bonds. The molecule has 1 saturated heterocycles. The lowest BCUT2D eigenvalue weighted by atomic mass is 10.1. The van der Waals surface area contributed by atoms with E-state index in [-0.39, 0.29) is 29.5 Å². The van der Waals surface area contributed by atoms with Crippen molar-refractivity contribution in [2.24, 2.45) is 5.92 Å². The highest BCUT2D eigenvalue weighted by atomic mass is 32.2. The summed E-state index contributed by atoms with van der Waals surface area (Å²) in [5.41, 5.74) is 1.07. The highest BCUT2D eigenvalue weighted by Gasteiger charge is 2.20. The maximum atomic E-state index is 12.5. The highest BCUT2D eigenvalue weighted by molar-refractivity contribution is 7.89. The van der Waals surface area contributed by atoms with Crippen LogP contribution in [0, 0.1) is 5.92 Å². The molecule has 0 aromatic heterocycles. The Kier molecular flexibility index (Phi) is 6.03. The minimum Gasteiger partial charge on any atom is -0.462 e. The Balaban J connectivity index is 1.64. The van der Waals surface area contributed by atoms with Crippen LogP contribution in [-0.2, 0) is 26.0 Å². The third kappa shape index (κ3) is 4.91. The van der Waals surface area contributed by atoms with Gasteiger partial charge < -0.3 is 9.47 Å². The lowest BCUT2D eigenvalue weighted by Gasteiger charge is -2.10. The van der Waals surface area contributed by atoms with Gasteiger partial charge in [0, 0.05) is 19.1 Å². The van der Waals surface area contributed by atoms with Crippen molar-refractivity contribution in [1.82, 2.24) is 4.72 Å². The van der Waals surface area contributed by atoms with E-state index < -0.39 is 16.0 Å². The minimum absolute atomic E-state index is 0.0343. The quantitative estimate of drug-likeness (QED) is 0.752. The summed E-state index contributed by atoms with van der Waals surface area (Å²) in [6.07, 6.45) is 0.866. The molecule has 6 nitrogen and oxygen atoms in total. The van der Waals surface area contributed by atoms with Gasteiger partial charge in [-0.25, -0.2) is 17.9 Å². The van der Waals surface area contributed by atoms with Gasteiger partial charge in [-0.1, -0.05) is 36.4 Å². The first kappa shape index (κ1) is 18.6. The molecule has 0 aliphatic carbocycles. The van der Waals surface area contributed by atoms with Crippen molar-refractivity contribution in [2.75, 3.05) is 19.8 Å². The van der Waals surface area contributed by atoms with Crippen molar-refractivity contribution >= 4 is 16.0 Å². The van der Waals surface area contributed by atoms with Gasteiger partial charge in [-0.2, -0.15) is 0 Å². The van der Waals surface area contributed by atoms with Crippen LogP contribution in [0.25, 0.3) is 0 Å². The zero-order valence-electron chi connectivity index (χ0n) is 14.3. The molecule has 0 radical (unpaired) electrons. The second-order valence-corrected chi connectivity index (χ2v) is 7.93. The van der Waals surface area contributed by atoms with Gasteiger partial charge in [-0.05, 0) is 30.2 Å². The smallest absolute Gasteiger partial charge is 0.338 e. The van der Waals surface area contributed by atoms with Crippen molar-refractivity contribution in [2.45, 2.75) is 17.9 Å². The van der Waals surface area contributed by atoms with Crippen molar-refractivity contribution in [3.63, 3.8) is 0 Å². The molecular weight excluding hydrogens is 354 g/mol. The van der Waals surface area contributed by atoms with Crippen LogP contribution in [0.15, 0.2) is 59.5 Å². The molecule has 1 heterocycles. The van der Waals surface area contributed by atoms with Crippen LogP contribution in [-0.4, -0.2) is 34.2 Å². The molecule has 1 aliphatic heterocycles. The number of hydrogen-bond acceptors (Lipinski definition) is 5. The number of benzene rings is 2. The van der Waals surface area contributed by atoms with Gasteiger partial charge in [0.15, 0.2) is 0 Å². The largest absolute Gasteiger partial charge is 0.462 e. The molecule has 1 aliphatic rings. The summed E-state index contributed by atoms with van der Waals surface area (Å²) in [7, 11) is -3.72. The first-order valence-electron chi connectivity index (χ1n) is 8.43. The third-order valence-electron chi connectivity index (χ3n) is 4.16. The van der Waals surface area contributed by atoms with E-state index in [2.05, 4.69) is 4.72 Å². The van der Waals surface area contributed by atoms with Gasteiger partial charge >= 0.3 is 5.97 Å². The van der Waals surface area contributed by atoms with E-state index in [9.17, 15) is 13.2 Å². The Morgan fingerprint density at radius 3 is 2.69 bits per heavy atom. The molecule has 0 saturated carbocycles. The normalized spacial score (nSPS) is 17.2. The lowest BCUT2D eigenvalue weighted by molar-refractivity contribution is 0.0428. The molecule has 1 fully saturated rings. The predicted octanol–water partition coefficient (Wildman–Crippen LogP) is 2.36. The number of ether oxygens (including phenoxy) is 2. The van der Waals surface area contributed by atoms with Crippen LogP contribution in [0.3, 0.4) is 0 Å². The fraction of sp³-hybridized carbons (Fsp3) is 0.316. The second-order valence-electron chi connectivity index (χ2n) is 6.17. The predicted molar refractivity (Wildman–Crippen MR) is 96.1 cm³/mol. The summed E-state index contributed by atoms with van der Waals surface area (Å²) in [4.78, 5) is 12.2. The molecular formula is C19H21NO5S. The number of hydrogen-bond donors (Lipinski definition) is 1. The zero-order chi connectivity index (χ0) is 18.4. The van der Waals surface area contributed by atoms with Gasteiger partial charge in [-0.15, -0.1) is 0 Å². The van der Waals surface area contributed by atoms with E-state index in [0.29, 0.717) is 13.2 Å². The van der Waals surface area contributed by atoms with E-state index in [1.807, 2.05) is 30.3 Å². The van der Waals surface area contributed by atoms with Crippen LogP contribution in [0.4, 0.5) is 0 Å². The second kappa shape index (κ2) is 8.44. The van der Waals surface area contributed by atoms with E-state index in [1.54, 1.807) is 6.07 Å². The molecule has 0 spiro atoms. The van der Waals surface area contributed by atoms with Crippen LogP contribution >= 0.6 is 0 Å². The number of rotatable bonds is 7. The first-order valence-corrected chi connectivity index (χ1v) is 9.91. The first-order chi connectivity index (χ1) is 12.5. The van der Waals surface area contributed by atoms with Crippen LogP contribution in [0.5, 0.6) is 0 Å². The zero-order valence-corrected chi connectivity index (χ0v) is 15.1. The minimum atomic E-state index is -3.72. The maximum Gasteiger partial charge on any atom is 0.338 e. The van der Waals surface area contributed by atoms with Gasteiger partial charge in [0.05, 0.1) is 23.7 Å². The number of nitrogens with one attached hydrogen (secondary N) is 1. The van der Waals surface area contributed by atoms with Crippen molar-refractivity contribution < 1.29 is 22.7 Å². The third-order valence-corrected chi connectivity index (χ3v) is 5.56. The molecule has 1 atom stereocenters. The van der Waals surface area contributed by atoms with Crippen molar-refractivity contribution in [1.29, 1.82) is 0 Å². The van der Waals surface area contributed by atoms with Crippen LogP contribution in [0.2, 0.25) is 0 Å². The Morgan fingerprint density at radius 2 is 1.96 bits per heavy atom. The fourth-order valence-corrected chi connectivity index (χ4v) is 3.70. The van der Waals surface area contributed by atoms with Crippen LogP contribution in [0.1, 0.15) is 22.3 Å². The Morgan fingerprint density at radius 1 is 1.15 bits per heavy atom. The van der Waals surface area contributed by atoms with E-state index in [1.165, 1.54) is 18.2 Å². The van der Waals surface area contributed by atoms with Crippen molar-refractivity contribution in [3.8, 4) is 0 Å². The fourth-order valence-electron chi connectivity index (χ4n) is 2.64. The summed E-state index contributed by atoms with van der Waals surface area (Å²) in [6, 6.07) is 15.1. The molecule has 138 valence electrons. The molecule has 2 aromatic carbocycles. The topological polar surface area (TPSA) is 81.7 Å². The average molecular weight is 375 g/mol. The number of sulfonamides is 1. The Hall–Kier alpha value is -2.22. The summed E-state index contributed by atoms with van der Waals surface area (Å²) < 4.78 is 38.0. The molecule has 2 aromatic rings. The average Bonchev–Trinajstić information content (AvgIpc) is 3.19. The molecule has 1 N–H and O–H groups in total.